The highest BCUT2D eigenvalue weighted by atomic mass is 16.5. The number of nitrogens with two attached hydrogens (primary N) is 1. The molecule has 2 heterocycles. The molecule has 0 bridgehead atoms. The van der Waals surface area contributed by atoms with Crippen LogP contribution in [0.1, 0.15) is 0 Å². The quantitative estimate of drug-likeness (QED) is 0.787. The van der Waals surface area contributed by atoms with Crippen LogP contribution in [0.15, 0.2) is 61.1 Å². The van der Waals surface area contributed by atoms with E-state index in [1.165, 1.54) is 6.33 Å². The molecule has 0 saturated carbocycles. The Morgan fingerprint density at radius 1 is 0.900 bits per heavy atom. The molecule has 5 heteroatoms. The molecule has 0 aliphatic heterocycles. The topological polar surface area (TPSA) is 73.9 Å². The first kappa shape index (κ1) is 12.1. The van der Waals surface area contributed by atoms with Gasteiger partial charge in [0.15, 0.2) is 0 Å². The lowest BCUT2D eigenvalue weighted by atomic mass is 10.2. The molecule has 0 unspecified atom stereocenters. The van der Waals surface area contributed by atoms with E-state index in [0.717, 1.165) is 17.0 Å². The summed E-state index contributed by atoms with van der Waals surface area (Å²) in [4.78, 5) is 12.3. The zero-order valence-corrected chi connectivity index (χ0v) is 10.6. The molecular weight excluding hydrogens is 252 g/mol. The molecule has 2 aromatic heterocycles. The Bertz CT molecular complexity index is 699. The third kappa shape index (κ3) is 2.72. The van der Waals surface area contributed by atoms with Crippen LogP contribution in [-0.4, -0.2) is 15.0 Å². The fourth-order valence-corrected chi connectivity index (χ4v) is 1.73. The highest BCUT2D eigenvalue weighted by Gasteiger charge is 2.03. The van der Waals surface area contributed by atoms with Crippen molar-refractivity contribution < 1.29 is 4.74 Å². The van der Waals surface area contributed by atoms with E-state index in [0.29, 0.717) is 11.7 Å². The van der Waals surface area contributed by atoms with Gasteiger partial charge in [0, 0.05) is 23.9 Å². The lowest BCUT2D eigenvalue weighted by Gasteiger charge is -2.05. The van der Waals surface area contributed by atoms with E-state index in [9.17, 15) is 0 Å². The molecule has 0 atom stereocenters. The predicted molar refractivity (Wildman–Crippen MR) is 76.2 cm³/mol. The smallest absolute Gasteiger partial charge is 0.219 e. The molecule has 0 radical (unpaired) electrons. The van der Waals surface area contributed by atoms with Crippen LogP contribution in [0.2, 0.25) is 0 Å². The number of hydrogen-bond acceptors (Lipinski definition) is 5. The standard InChI is InChI=1S/C15H12N4O/c16-14-8-13(18-10-19-14)11-6-7-15(17-9-11)20-12-4-2-1-3-5-12/h1-10H,(H2,16,18,19). The summed E-state index contributed by atoms with van der Waals surface area (Å²) >= 11 is 0. The minimum absolute atomic E-state index is 0.430. The summed E-state index contributed by atoms with van der Waals surface area (Å²) in [5, 5.41) is 0. The lowest BCUT2D eigenvalue weighted by Crippen LogP contribution is -1.93. The normalized spacial score (nSPS) is 10.2. The molecule has 3 rings (SSSR count). The minimum Gasteiger partial charge on any atom is -0.439 e. The van der Waals surface area contributed by atoms with Gasteiger partial charge in [0.05, 0.1) is 5.69 Å². The number of pyridine rings is 1. The monoisotopic (exact) mass is 264 g/mol. The van der Waals surface area contributed by atoms with Gasteiger partial charge in [0.1, 0.15) is 17.9 Å². The minimum atomic E-state index is 0.430. The first-order valence-corrected chi connectivity index (χ1v) is 6.08. The van der Waals surface area contributed by atoms with E-state index < -0.39 is 0 Å². The van der Waals surface area contributed by atoms with Gasteiger partial charge in [0.25, 0.3) is 0 Å². The highest BCUT2D eigenvalue weighted by Crippen LogP contribution is 2.22. The van der Waals surface area contributed by atoms with E-state index in [1.807, 2.05) is 36.4 Å². The van der Waals surface area contributed by atoms with Gasteiger partial charge in [-0.15, -0.1) is 0 Å². The van der Waals surface area contributed by atoms with E-state index in [-0.39, 0.29) is 0 Å². The molecule has 0 aliphatic rings. The van der Waals surface area contributed by atoms with Crippen molar-refractivity contribution in [1.82, 2.24) is 15.0 Å². The Labute approximate surface area is 116 Å². The predicted octanol–water partition coefficient (Wildman–Crippen LogP) is 2.91. The molecule has 0 amide bonds. The molecule has 20 heavy (non-hydrogen) atoms. The van der Waals surface area contributed by atoms with Crippen LogP contribution in [0.5, 0.6) is 11.6 Å². The van der Waals surface area contributed by atoms with Crippen LogP contribution >= 0.6 is 0 Å². The zero-order valence-electron chi connectivity index (χ0n) is 10.6. The summed E-state index contributed by atoms with van der Waals surface area (Å²) in [6, 6.07) is 14.9. The molecular formula is C15H12N4O. The van der Waals surface area contributed by atoms with Crippen LogP contribution in [0.25, 0.3) is 11.3 Å². The fraction of sp³-hybridized carbons (Fsp3) is 0. The molecule has 0 aliphatic carbocycles. The van der Waals surface area contributed by atoms with Crippen molar-refractivity contribution in [3.63, 3.8) is 0 Å². The van der Waals surface area contributed by atoms with Gasteiger partial charge in [-0.1, -0.05) is 18.2 Å². The highest BCUT2D eigenvalue weighted by molar-refractivity contribution is 5.60. The second-order valence-corrected chi connectivity index (χ2v) is 4.13. The lowest BCUT2D eigenvalue weighted by molar-refractivity contribution is 0.463. The summed E-state index contributed by atoms with van der Waals surface area (Å²) in [7, 11) is 0. The average Bonchev–Trinajstić information content (AvgIpc) is 2.49. The Morgan fingerprint density at radius 2 is 1.75 bits per heavy atom. The van der Waals surface area contributed by atoms with Gasteiger partial charge in [0.2, 0.25) is 5.88 Å². The molecule has 1 aromatic carbocycles. The van der Waals surface area contributed by atoms with Crippen molar-refractivity contribution in [1.29, 1.82) is 0 Å². The fourth-order valence-electron chi connectivity index (χ4n) is 1.73. The molecule has 0 saturated heterocycles. The maximum atomic E-state index is 5.63. The number of anilines is 1. The van der Waals surface area contributed by atoms with E-state index in [4.69, 9.17) is 10.5 Å². The van der Waals surface area contributed by atoms with E-state index in [1.54, 1.807) is 18.3 Å². The van der Waals surface area contributed by atoms with Gasteiger partial charge in [-0.05, 0) is 18.2 Å². The van der Waals surface area contributed by atoms with Gasteiger partial charge in [-0.3, -0.25) is 0 Å². The second-order valence-electron chi connectivity index (χ2n) is 4.13. The third-order valence-electron chi connectivity index (χ3n) is 2.69. The molecule has 5 nitrogen and oxygen atoms in total. The summed E-state index contributed by atoms with van der Waals surface area (Å²) in [6.07, 6.45) is 3.12. The van der Waals surface area contributed by atoms with Gasteiger partial charge < -0.3 is 10.5 Å². The van der Waals surface area contributed by atoms with Crippen LogP contribution in [0, 0.1) is 0 Å². The number of ether oxygens (including phenoxy) is 1. The summed E-state index contributed by atoms with van der Waals surface area (Å²) in [6.45, 7) is 0. The number of rotatable bonds is 3. The zero-order chi connectivity index (χ0) is 13.8. The SMILES string of the molecule is Nc1cc(-c2ccc(Oc3ccccc3)nc2)ncn1. The number of nitrogens with zero attached hydrogens (tertiary/aromatic N) is 3. The summed E-state index contributed by atoms with van der Waals surface area (Å²) in [5.74, 6) is 1.71. The largest absolute Gasteiger partial charge is 0.439 e. The van der Waals surface area contributed by atoms with Gasteiger partial charge in [-0.2, -0.15) is 0 Å². The Hall–Kier alpha value is -2.95. The molecule has 2 N–H and O–H groups in total. The van der Waals surface area contributed by atoms with E-state index >= 15 is 0 Å². The summed E-state index contributed by atoms with van der Waals surface area (Å²) < 4.78 is 5.62. The Morgan fingerprint density at radius 3 is 2.45 bits per heavy atom. The first-order valence-electron chi connectivity index (χ1n) is 6.08. The van der Waals surface area contributed by atoms with Crippen LogP contribution in [0.3, 0.4) is 0 Å². The van der Waals surface area contributed by atoms with Crippen molar-refractivity contribution in [3.8, 4) is 22.9 Å². The Balaban J connectivity index is 1.81. The number of aromatic nitrogens is 3. The van der Waals surface area contributed by atoms with Crippen molar-refractivity contribution in [3.05, 3.63) is 61.1 Å². The summed E-state index contributed by atoms with van der Waals surface area (Å²) in [5.41, 5.74) is 7.23. The maximum Gasteiger partial charge on any atom is 0.219 e. The van der Waals surface area contributed by atoms with Crippen molar-refractivity contribution in [2.24, 2.45) is 0 Å². The number of benzene rings is 1. The van der Waals surface area contributed by atoms with Crippen molar-refractivity contribution >= 4 is 5.82 Å². The maximum absolute atomic E-state index is 5.63. The van der Waals surface area contributed by atoms with Crippen LogP contribution in [-0.2, 0) is 0 Å². The molecule has 0 fully saturated rings. The third-order valence-corrected chi connectivity index (χ3v) is 2.69. The van der Waals surface area contributed by atoms with Crippen LogP contribution in [0.4, 0.5) is 5.82 Å². The molecule has 98 valence electrons. The number of nitrogen functional groups attached to an aromatic ring is 1. The van der Waals surface area contributed by atoms with Gasteiger partial charge in [-0.25, -0.2) is 15.0 Å². The molecule has 0 spiro atoms. The number of para-hydroxylation sites is 1. The van der Waals surface area contributed by atoms with E-state index in [2.05, 4.69) is 15.0 Å². The first-order chi connectivity index (χ1) is 9.81. The average molecular weight is 264 g/mol. The number of hydrogen-bond donors (Lipinski definition) is 1. The molecule has 3 aromatic rings. The van der Waals surface area contributed by atoms with Crippen LogP contribution < -0.4 is 10.5 Å². The second kappa shape index (κ2) is 5.36. The van der Waals surface area contributed by atoms with Crippen molar-refractivity contribution in [2.75, 3.05) is 5.73 Å². The van der Waals surface area contributed by atoms with Crippen molar-refractivity contribution in [2.45, 2.75) is 0 Å². The van der Waals surface area contributed by atoms with Gasteiger partial charge >= 0.3 is 0 Å². The Kier molecular flexibility index (Phi) is 3.24.